The predicted octanol–water partition coefficient (Wildman–Crippen LogP) is 1.57. The standard InChI is InChI=1S/C12H11NO4/c1-13(11(14)12(15)16-2)9-7-17-10-6-4-3-5-8(9)10/h3-7H,1-2H3. The Kier molecular flexibility index (Phi) is 2.82. The first-order valence-electron chi connectivity index (χ1n) is 4.97. The number of para-hydroxylation sites is 1. The molecule has 0 unspecified atom stereocenters. The Labute approximate surface area is 97.6 Å². The van der Waals surface area contributed by atoms with E-state index in [-0.39, 0.29) is 0 Å². The third-order valence-electron chi connectivity index (χ3n) is 2.49. The number of furan rings is 1. The van der Waals surface area contributed by atoms with Crippen LogP contribution >= 0.6 is 0 Å². The van der Waals surface area contributed by atoms with Crippen molar-refractivity contribution in [1.29, 1.82) is 0 Å². The fourth-order valence-electron chi connectivity index (χ4n) is 1.56. The average molecular weight is 233 g/mol. The molecule has 17 heavy (non-hydrogen) atoms. The lowest BCUT2D eigenvalue weighted by Gasteiger charge is -2.13. The highest BCUT2D eigenvalue weighted by molar-refractivity contribution is 6.38. The Morgan fingerprint density at radius 2 is 2.00 bits per heavy atom. The molecule has 1 amide bonds. The number of rotatable bonds is 1. The number of fused-ring (bicyclic) bond motifs is 1. The summed E-state index contributed by atoms with van der Waals surface area (Å²) in [7, 11) is 2.66. The summed E-state index contributed by atoms with van der Waals surface area (Å²) in [6, 6.07) is 7.26. The van der Waals surface area contributed by atoms with E-state index in [0.29, 0.717) is 11.3 Å². The fraction of sp³-hybridized carbons (Fsp3) is 0.167. The number of methoxy groups -OCH3 is 1. The van der Waals surface area contributed by atoms with E-state index in [1.807, 2.05) is 18.2 Å². The number of anilines is 1. The van der Waals surface area contributed by atoms with E-state index in [2.05, 4.69) is 4.74 Å². The van der Waals surface area contributed by atoms with Crippen LogP contribution in [0.2, 0.25) is 0 Å². The summed E-state index contributed by atoms with van der Waals surface area (Å²) >= 11 is 0. The van der Waals surface area contributed by atoms with Gasteiger partial charge >= 0.3 is 11.9 Å². The van der Waals surface area contributed by atoms with E-state index in [9.17, 15) is 9.59 Å². The van der Waals surface area contributed by atoms with E-state index in [4.69, 9.17) is 4.42 Å². The molecule has 88 valence electrons. The van der Waals surface area contributed by atoms with Crippen molar-refractivity contribution in [1.82, 2.24) is 0 Å². The number of carbonyl (C=O) groups is 2. The highest BCUT2D eigenvalue weighted by Crippen LogP contribution is 2.28. The molecule has 2 rings (SSSR count). The van der Waals surface area contributed by atoms with Crippen LogP contribution in [0.5, 0.6) is 0 Å². The van der Waals surface area contributed by atoms with Crippen molar-refractivity contribution < 1.29 is 18.7 Å². The maximum absolute atomic E-state index is 11.6. The normalized spacial score (nSPS) is 10.2. The second kappa shape index (κ2) is 4.29. The maximum atomic E-state index is 11.6. The molecule has 0 aliphatic heterocycles. The average Bonchev–Trinajstić information content (AvgIpc) is 2.79. The summed E-state index contributed by atoms with van der Waals surface area (Å²) in [6.45, 7) is 0. The molecule has 2 aromatic rings. The lowest BCUT2D eigenvalue weighted by molar-refractivity contribution is -0.151. The highest BCUT2D eigenvalue weighted by atomic mass is 16.5. The molecule has 0 aliphatic rings. The zero-order chi connectivity index (χ0) is 12.4. The van der Waals surface area contributed by atoms with Crippen LogP contribution < -0.4 is 4.90 Å². The summed E-state index contributed by atoms with van der Waals surface area (Å²) in [5.41, 5.74) is 1.20. The summed E-state index contributed by atoms with van der Waals surface area (Å²) in [5.74, 6) is -1.64. The molecule has 0 aliphatic carbocycles. The Bertz CT molecular complexity index is 573. The number of nitrogens with zero attached hydrogens (tertiary/aromatic N) is 1. The molecular weight excluding hydrogens is 222 g/mol. The van der Waals surface area contributed by atoms with Gasteiger partial charge in [0.15, 0.2) is 0 Å². The van der Waals surface area contributed by atoms with Gasteiger partial charge in [0.2, 0.25) is 0 Å². The van der Waals surface area contributed by atoms with Gasteiger partial charge in [-0.15, -0.1) is 0 Å². The van der Waals surface area contributed by atoms with Gasteiger partial charge < -0.3 is 14.1 Å². The number of benzene rings is 1. The van der Waals surface area contributed by atoms with Crippen molar-refractivity contribution >= 4 is 28.5 Å². The van der Waals surface area contributed by atoms with Crippen molar-refractivity contribution in [2.45, 2.75) is 0 Å². The Morgan fingerprint density at radius 1 is 1.29 bits per heavy atom. The van der Waals surface area contributed by atoms with E-state index in [1.165, 1.54) is 25.3 Å². The molecule has 1 aromatic heterocycles. The second-order valence-electron chi connectivity index (χ2n) is 3.47. The Balaban J connectivity index is 2.40. The SMILES string of the molecule is COC(=O)C(=O)N(C)c1coc2ccccc12. The van der Waals surface area contributed by atoms with Gasteiger partial charge in [-0.25, -0.2) is 4.79 Å². The lowest BCUT2D eigenvalue weighted by atomic mass is 10.2. The number of carbonyl (C=O) groups excluding carboxylic acids is 2. The van der Waals surface area contributed by atoms with Crippen molar-refractivity contribution in [3.63, 3.8) is 0 Å². The largest absolute Gasteiger partial charge is 0.462 e. The van der Waals surface area contributed by atoms with Gasteiger partial charge in [0.1, 0.15) is 11.8 Å². The van der Waals surface area contributed by atoms with Gasteiger partial charge in [-0.2, -0.15) is 0 Å². The molecule has 0 fully saturated rings. The highest BCUT2D eigenvalue weighted by Gasteiger charge is 2.23. The van der Waals surface area contributed by atoms with Crippen LogP contribution in [0.15, 0.2) is 34.9 Å². The number of likely N-dealkylation sites (N-methyl/N-ethyl adjacent to an activating group) is 1. The van der Waals surface area contributed by atoms with Gasteiger partial charge in [0, 0.05) is 12.4 Å². The Morgan fingerprint density at radius 3 is 2.71 bits per heavy atom. The van der Waals surface area contributed by atoms with Crippen molar-refractivity contribution in [3.8, 4) is 0 Å². The molecule has 0 N–H and O–H groups in total. The second-order valence-corrected chi connectivity index (χ2v) is 3.47. The topological polar surface area (TPSA) is 59.8 Å². The molecule has 0 saturated carbocycles. The third kappa shape index (κ3) is 1.87. The number of ether oxygens (including phenoxy) is 1. The minimum Gasteiger partial charge on any atom is -0.462 e. The van der Waals surface area contributed by atoms with Crippen molar-refractivity contribution in [2.75, 3.05) is 19.1 Å². The zero-order valence-electron chi connectivity index (χ0n) is 9.47. The molecule has 1 aromatic carbocycles. The fourth-order valence-corrected chi connectivity index (χ4v) is 1.56. The van der Waals surface area contributed by atoms with E-state index >= 15 is 0 Å². The van der Waals surface area contributed by atoms with Gasteiger partial charge in [-0.1, -0.05) is 12.1 Å². The monoisotopic (exact) mass is 233 g/mol. The van der Waals surface area contributed by atoms with Crippen LogP contribution in [0.1, 0.15) is 0 Å². The molecule has 5 nitrogen and oxygen atoms in total. The summed E-state index contributed by atoms with van der Waals surface area (Å²) < 4.78 is 9.67. The summed E-state index contributed by atoms with van der Waals surface area (Å²) in [5, 5.41) is 0.771. The van der Waals surface area contributed by atoms with E-state index in [0.717, 1.165) is 5.39 Å². The third-order valence-corrected chi connectivity index (χ3v) is 2.49. The molecule has 5 heteroatoms. The number of hydrogen-bond donors (Lipinski definition) is 0. The van der Waals surface area contributed by atoms with Crippen molar-refractivity contribution in [2.24, 2.45) is 0 Å². The molecule has 0 bridgehead atoms. The molecule has 1 heterocycles. The van der Waals surface area contributed by atoms with Crippen LogP contribution in [0.3, 0.4) is 0 Å². The van der Waals surface area contributed by atoms with E-state index < -0.39 is 11.9 Å². The van der Waals surface area contributed by atoms with Crippen LogP contribution in [0, 0.1) is 0 Å². The molecular formula is C12H11NO4. The van der Waals surface area contributed by atoms with Crippen molar-refractivity contribution in [3.05, 3.63) is 30.5 Å². The first-order chi connectivity index (χ1) is 8.15. The minimum absolute atomic E-state index is 0.538. The van der Waals surface area contributed by atoms with Gasteiger partial charge in [0.25, 0.3) is 0 Å². The van der Waals surface area contributed by atoms with E-state index in [1.54, 1.807) is 6.07 Å². The first kappa shape index (κ1) is 11.2. The van der Waals surface area contributed by atoms with Gasteiger partial charge in [0.05, 0.1) is 12.8 Å². The minimum atomic E-state index is -0.905. The summed E-state index contributed by atoms with van der Waals surface area (Å²) in [6.07, 6.45) is 1.44. The maximum Gasteiger partial charge on any atom is 0.397 e. The molecule has 0 spiro atoms. The summed E-state index contributed by atoms with van der Waals surface area (Å²) in [4.78, 5) is 24.0. The molecule has 0 atom stereocenters. The Hall–Kier alpha value is -2.30. The molecule has 0 saturated heterocycles. The zero-order valence-corrected chi connectivity index (χ0v) is 9.47. The van der Waals surface area contributed by atoms with Crippen LogP contribution in [-0.2, 0) is 14.3 Å². The quantitative estimate of drug-likeness (QED) is 0.554. The lowest BCUT2D eigenvalue weighted by Crippen LogP contribution is -2.33. The van der Waals surface area contributed by atoms with Crippen LogP contribution in [0.25, 0.3) is 11.0 Å². The van der Waals surface area contributed by atoms with Crippen LogP contribution in [-0.4, -0.2) is 26.0 Å². The van der Waals surface area contributed by atoms with Gasteiger partial charge in [-0.3, -0.25) is 4.79 Å². The number of hydrogen-bond acceptors (Lipinski definition) is 4. The molecule has 0 radical (unpaired) electrons. The smallest absolute Gasteiger partial charge is 0.397 e. The van der Waals surface area contributed by atoms with Crippen LogP contribution in [0.4, 0.5) is 5.69 Å². The number of esters is 1. The predicted molar refractivity (Wildman–Crippen MR) is 61.6 cm³/mol. The number of amides is 1. The first-order valence-corrected chi connectivity index (χ1v) is 4.97. The van der Waals surface area contributed by atoms with Gasteiger partial charge in [-0.05, 0) is 12.1 Å².